The van der Waals surface area contributed by atoms with Gasteiger partial charge in [0.15, 0.2) is 0 Å². The maximum absolute atomic E-state index is 12.5. The van der Waals surface area contributed by atoms with Crippen molar-refractivity contribution < 1.29 is 22.5 Å². The van der Waals surface area contributed by atoms with Crippen LogP contribution in [0.25, 0.3) is 10.7 Å². The fourth-order valence-electron chi connectivity index (χ4n) is 2.35. The van der Waals surface area contributed by atoms with Crippen molar-refractivity contribution in [3.05, 3.63) is 22.9 Å². The van der Waals surface area contributed by atoms with Gasteiger partial charge < -0.3 is 9.42 Å². The lowest BCUT2D eigenvalue weighted by Crippen LogP contribution is -2.31. The summed E-state index contributed by atoms with van der Waals surface area (Å²) in [5, 5.41) is 3.38. The molecule has 0 spiro atoms. The van der Waals surface area contributed by atoms with Gasteiger partial charge in [0.1, 0.15) is 0 Å². The van der Waals surface area contributed by atoms with Gasteiger partial charge in [-0.05, 0) is 31.4 Å². The molecule has 130 valence electrons. The topological polar surface area (TPSA) is 59.2 Å². The van der Waals surface area contributed by atoms with Crippen molar-refractivity contribution in [2.75, 3.05) is 0 Å². The second kappa shape index (κ2) is 6.54. The van der Waals surface area contributed by atoms with Crippen LogP contribution in [-0.4, -0.2) is 27.0 Å². The summed E-state index contributed by atoms with van der Waals surface area (Å²) in [6.45, 7) is 2.43. The molecule has 0 N–H and O–H groups in total. The highest BCUT2D eigenvalue weighted by Crippen LogP contribution is 2.34. The minimum Gasteiger partial charge on any atom is -0.335 e. The van der Waals surface area contributed by atoms with Crippen molar-refractivity contribution in [1.29, 1.82) is 0 Å². The van der Waals surface area contributed by atoms with Gasteiger partial charge in [0.25, 0.3) is 0 Å². The van der Waals surface area contributed by atoms with Crippen LogP contribution in [0.1, 0.15) is 43.4 Å². The molecule has 24 heavy (non-hydrogen) atoms. The minimum atomic E-state index is -4.65. The predicted molar refractivity (Wildman–Crippen MR) is 81.1 cm³/mol. The summed E-state index contributed by atoms with van der Waals surface area (Å²) in [6, 6.07) is 3.73. The van der Waals surface area contributed by atoms with E-state index in [1.165, 1.54) is 11.3 Å². The SMILES string of the molecule is CCCC(=O)N(Cc1ccc(-c2noc(C(F)(F)F)n2)s1)C1CC1. The Morgan fingerprint density at radius 1 is 1.42 bits per heavy atom. The monoisotopic (exact) mass is 359 g/mol. The van der Waals surface area contributed by atoms with Gasteiger partial charge in [0.2, 0.25) is 11.7 Å². The van der Waals surface area contributed by atoms with Gasteiger partial charge in [0.05, 0.1) is 11.4 Å². The average molecular weight is 359 g/mol. The second-order valence-corrected chi connectivity index (χ2v) is 6.86. The van der Waals surface area contributed by atoms with E-state index in [-0.39, 0.29) is 17.8 Å². The number of carbonyl (C=O) groups is 1. The van der Waals surface area contributed by atoms with Gasteiger partial charge in [-0.1, -0.05) is 12.1 Å². The standard InChI is InChI=1S/C15H16F3N3O2S/c1-2-3-12(22)21(9-4-5-9)8-10-6-7-11(24-10)13-19-14(23-20-13)15(16,17)18/h6-7,9H,2-5,8H2,1H3. The summed E-state index contributed by atoms with van der Waals surface area (Å²) in [5.41, 5.74) is 0. The van der Waals surface area contributed by atoms with Crippen LogP contribution < -0.4 is 0 Å². The van der Waals surface area contributed by atoms with E-state index in [9.17, 15) is 18.0 Å². The Morgan fingerprint density at radius 3 is 2.75 bits per heavy atom. The average Bonchev–Trinajstić information content (AvgIpc) is 3.03. The summed E-state index contributed by atoms with van der Waals surface area (Å²) in [6.07, 6.45) is -1.34. The first-order chi connectivity index (χ1) is 11.4. The number of aromatic nitrogens is 2. The molecule has 0 atom stereocenters. The smallest absolute Gasteiger partial charge is 0.335 e. The Morgan fingerprint density at radius 2 is 2.17 bits per heavy atom. The lowest BCUT2D eigenvalue weighted by atomic mass is 10.3. The maximum atomic E-state index is 12.5. The van der Waals surface area contributed by atoms with Gasteiger partial charge in [0, 0.05) is 17.3 Å². The molecular weight excluding hydrogens is 343 g/mol. The number of hydrogen-bond donors (Lipinski definition) is 0. The van der Waals surface area contributed by atoms with Crippen LogP contribution in [0.3, 0.4) is 0 Å². The van der Waals surface area contributed by atoms with Crippen molar-refractivity contribution in [3.63, 3.8) is 0 Å². The number of hydrogen-bond acceptors (Lipinski definition) is 5. The molecule has 0 radical (unpaired) electrons. The van der Waals surface area contributed by atoms with Crippen LogP contribution in [0, 0.1) is 0 Å². The highest BCUT2D eigenvalue weighted by molar-refractivity contribution is 7.15. The first kappa shape index (κ1) is 16.9. The fraction of sp³-hybridized carbons (Fsp3) is 0.533. The molecule has 2 heterocycles. The summed E-state index contributed by atoms with van der Waals surface area (Å²) in [5.74, 6) is -1.32. The second-order valence-electron chi connectivity index (χ2n) is 5.69. The number of carbonyl (C=O) groups excluding carboxylic acids is 1. The molecule has 0 unspecified atom stereocenters. The van der Waals surface area contributed by atoms with E-state index in [2.05, 4.69) is 14.7 Å². The van der Waals surface area contributed by atoms with Crippen LogP contribution in [-0.2, 0) is 17.5 Å². The molecule has 0 bridgehead atoms. The summed E-state index contributed by atoms with van der Waals surface area (Å²) < 4.78 is 41.8. The van der Waals surface area contributed by atoms with E-state index in [1.54, 1.807) is 12.1 Å². The fourth-order valence-corrected chi connectivity index (χ4v) is 3.29. The van der Waals surface area contributed by atoms with E-state index in [4.69, 9.17) is 0 Å². The van der Waals surface area contributed by atoms with Crippen LogP contribution in [0.5, 0.6) is 0 Å². The highest BCUT2D eigenvalue weighted by Gasteiger charge is 2.38. The van der Waals surface area contributed by atoms with Crippen LogP contribution in [0.2, 0.25) is 0 Å². The number of amides is 1. The van der Waals surface area contributed by atoms with Gasteiger partial charge in [-0.15, -0.1) is 11.3 Å². The molecule has 9 heteroatoms. The molecule has 1 aliphatic carbocycles. The van der Waals surface area contributed by atoms with Crippen LogP contribution >= 0.6 is 11.3 Å². The molecule has 1 saturated carbocycles. The lowest BCUT2D eigenvalue weighted by molar-refractivity contribution is -0.159. The quantitative estimate of drug-likeness (QED) is 0.779. The van der Waals surface area contributed by atoms with Crippen molar-refractivity contribution in [1.82, 2.24) is 15.0 Å². The number of thiophene rings is 1. The zero-order chi connectivity index (χ0) is 17.3. The molecule has 0 saturated heterocycles. The van der Waals surface area contributed by atoms with Gasteiger partial charge in [-0.3, -0.25) is 4.79 Å². The summed E-state index contributed by atoms with van der Waals surface area (Å²) in [7, 11) is 0. The first-order valence-electron chi connectivity index (χ1n) is 7.68. The van der Waals surface area contributed by atoms with Crippen molar-refractivity contribution in [3.8, 4) is 10.7 Å². The summed E-state index contributed by atoms with van der Waals surface area (Å²) in [4.78, 5) is 18.8. The molecule has 0 aromatic carbocycles. The van der Waals surface area contributed by atoms with E-state index in [0.29, 0.717) is 17.8 Å². The third-order valence-corrected chi connectivity index (χ3v) is 4.71. The predicted octanol–water partition coefficient (Wildman–Crippen LogP) is 4.11. The van der Waals surface area contributed by atoms with Crippen molar-refractivity contribution in [2.24, 2.45) is 0 Å². The zero-order valence-electron chi connectivity index (χ0n) is 13.0. The van der Waals surface area contributed by atoms with E-state index < -0.39 is 12.1 Å². The molecule has 0 aliphatic heterocycles. The minimum absolute atomic E-state index is 0.0866. The summed E-state index contributed by atoms with van der Waals surface area (Å²) >= 11 is 1.27. The highest BCUT2D eigenvalue weighted by atomic mass is 32.1. The normalized spacial score (nSPS) is 14.8. The molecule has 1 fully saturated rings. The van der Waals surface area contributed by atoms with Crippen molar-refractivity contribution >= 4 is 17.2 Å². The molecule has 2 aromatic heterocycles. The Labute approximate surface area is 140 Å². The van der Waals surface area contributed by atoms with Crippen LogP contribution in [0.15, 0.2) is 16.7 Å². The number of alkyl halides is 3. The Bertz CT molecular complexity index is 722. The van der Waals surface area contributed by atoms with Gasteiger partial charge >= 0.3 is 12.1 Å². The first-order valence-corrected chi connectivity index (χ1v) is 8.49. The van der Waals surface area contributed by atoms with Gasteiger partial charge in [-0.25, -0.2) is 0 Å². The molecule has 3 rings (SSSR count). The van der Waals surface area contributed by atoms with E-state index in [0.717, 1.165) is 24.1 Å². The molecule has 1 amide bonds. The van der Waals surface area contributed by atoms with Gasteiger partial charge in [-0.2, -0.15) is 18.2 Å². The van der Waals surface area contributed by atoms with Crippen LogP contribution in [0.4, 0.5) is 13.2 Å². The number of halogens is 3. The Kier molecular flexibility index (Phi) is 4.62. The Balaban J connectivity index is 1.73. The number of rotatable bonds is 6. The maximum Gasteiger partial charge on any atom is 0.471 e. The zero-order valence-corrected chi connectivity index (χ0v) is 13.8. The Hall–Kier alpha value is -1.90. The number of nitrogens with zero attached hydrogens (tertiary/aromatic N) is 3. The largest absolute Gasteiger partial charge is 0.471 e. The molecule has 2 aromatic rings. The molecule has 5 nitrogen and oxygen atoms in total. The third kappa shape index (κ3) is 3.77. The lowest BCUT2D eigenvalue weighted by Gasteiger charge is -2.21. The van der Waals surface area contributed by atoms with E-state index >= 15 is 0 Å². The van der Waals surface area contributed by atoms with E-state index in [1.807, 2.05) is 11.8 Å². The van der Waals surface area contributed by atoms with Crippen molar-refractivity contribution in [2.45, 2.75) is 51.4 Å². The third-order valence-electron chi connectivity index (χ3n) is 3.65. The molecule has 1 aliphatic rings. The molecular formula is C15H16F3N3O2S.